The van der Waals surface area contributed by atoms with Gasteiger partial charge in [-0.2, -0.15) is 11.8 Å². The smallest absolute Gasteiger partial charge is 0.126 e. The molecule has 3 rings (SSSR count). The van der Waals surface area contributed by atoms with Crippen molar-refractivity contribution in [1.82, 2.24) is 4.98 Å². The van der Waals surface area contributed by atoms with Gasteiger partial charge >= 0.3 is 0 Å². The fourth-order valence-electron chi connectivity index (χ4n) is 3.10. The van der Waals surface area contributed by atoms with E-state index in [1.807, 2.05) is 17.8 Å². The van der Waals surface area contributed by atoms with Gasteiger partial charge in [-0.1, -0.05) is 6.07 Å². The second kappa shape index (κ2) is 5.10. The molecule has 0 aromatic carbocycles. The number of pyridine rings is 1. The number of hydrogen-bond donors (Lipinski definition) is 1. The summed E-state index contributed by atoms with van der Waals surface area (Å²) in [4.78, 5) is 4.18. The van der Waals surface area contributed by atoms with Crippen molar-refractivity contribution in [3.63, 3.8) is 0 Å². The summed E-state index contributed by atoms with van der Waals surface area (Å²) < 4.78 is 6.06. The molecule has 0 radical (unpaired) electrons. The molecule has 2 aliphatic rings. The zero-order valence-electron chi connectivity index (χ0n) is 10.6. The maximum absolute atomic E-state index is 6.06. The highest BCUT2D eigenvalue weighted by molar-refractivity contribution is 7.99. The lowest BCUT2D eigenvalue weighted by Crippen LogP contribution is -2.40. The Morgan fingerprint density at radius 1 is 1.56 bits per heavy atom. The van der Waals surface area contributed by atoms with E-state index in [1.54, 1.807) is 6.20 Å². The van der Waals surface area contributed by atoms with Gasteiger partial charge in [0.1, 0.15) is 5.82 Å². The Hall–Kier alpha value is -0.740. The summed E-state index contributed by atoms with van der Waals surface area (Å²) in [7, 11) is 0. The summed E-state index contributed by atoms with van der Waals surface area (Å²) in [5.41, 5.74) is 7.31. The second-order valence-corrected chi connectivity index (χ2v) is 6.55. The van der Waals surface area contributed by atoms with Crippen LogP contribution in [0.1, 0.15) is 24.8 Å². The van der Waals surface area contributed by atoms with Gasteiger partial charge in [-0.15, -0.1) is 0 Å². The molecule has 2 N–H and O–H groups in total. The van der Waals surface area contributed by atoms with Crippen molar-refractivity contribution in [2.45, 2.75) is 31.3 Å². The maximum Gasteiger partial charge on any atom is 0.126 e. The molecule has 0 aliphatic carbocycles. The number of hydrogen-bond acceptors (Lipinski definition) is 4. The molecule has 18 heavy (non-hydrogen) atoms. The van der Waals surface area contributed by atoms with E-state index in [4.69, 9.17) is 10.5 Å². The third-order valence-corrected chi connectivity index (χ3v) is 5.32. The summed E-state index contributed by atoms with van der Waals surface area (Å²) in [6.45, 7) is 0.908. The molecule has 2 atom stereocenters. The number of ether oxygens (including phenoxy) is 1. The summed E-state index contributed by atoms with van der Waals surface area (Å²) in [6, 6.07) is 4.08. The highest BCUT2D eigenvalue weighted by Crippen LogP contribution is 2.41. The number of thioether (sulfide) groups is 1. The third kappa shape index (κ3) is 2.50. The van der Waals surface area contributed by atoms with Gasteiger partial charge in [0, 0.05) is 18.6 Å². The van der Waals surface area contributed by atoms with E-state index in [9.17, 15) is 0 Å². The number of rotatable bonds is 2. The molecule has 1 spiro atoms. The molecule has 2 aliphatic heterocycles. The maximum atomic E-state index is 6.06. The van der Waals surface area contributed by atoms with Crippen LogP contribution in [0, 0.1) is 5.92 Å². The fraction of sp³-hybridized carbons (Fsp3) is 0.643. The molecule has 3 heterocycles. The standard InChI is InChI=1S/C14H20N2OS/c15-13-12(2-1-5-16-13)8-11-3-6-17-14(9-11)4-7-18-10-14/h1-2,5,11H,3-4,6-10H2,(H2,15,16). The monoisotopic (exact) mass is 264 g/mol. The van der Waals surface area contributed by atoms with Crippen molar-refractivity contribution in [3.05, 3.63) is 23.9 Å². The van der Waals surface area contributed by atoms with Gasteiger partial charge in [0.25, 0.3) is 0 Å². The molecule has 2 fully saturated rings. The van der Waals surface area contributed by atoms with Crippen LogP contribution in [0.2, 0.25) is 0 Å². The molecule has 0 bridgehead atoms. The van der Waals surface area contributed by atoms with E-state index in [0.717, 1.165) is 19.4 Å². The Kier molecular flexibility index (Phi) is 3.48. The Bertz CT molecular complexity index is 418. The van der Waals surface area contributed by atoms with Crippen molar-refractivity contribution < 1.29 is 4.74 Å². The van der Waals surface area contributed by atoms with Crippen LogP contribution >= 0.6 is 11.8 Å². The Labute approximate surface area is 113 Å². The molecule has 2 unspecified atom stereocenters. The minimum Gasteiger partial charge on any atom is -0.383 e. The zero-order chi connectivity index (χ0) is 12.4. The molecule has 2 saturated heterocycles. The SMILES string of the molecule is Nc1ncccc1CC1CCOC2(CCSC2)C1. The van der Waals surface area contributed by atoms with Gasteiger partial charge in [0.05, 0.1) is 5.60 Å². The zero-order valence-corrected chi connectivity index (χ0v) is 11.4. The van der Waals surface area contributed by atoms with Gasteiger partial charge < -0.3 is 10.5 Å². The quantitative estimate of drug-likeness (QED) is 0.891. The lowest BCUT2D eigenvalue weighted by atomic mass is 9.82. The summed E-state index contributed by atoms with van der Waals surface area (Å²) >= 11 is 2.03. The molecule has 0 amide bonds. The van der Waals surface area contributed by atoms with Crippen LogP contribution in [0.5, 0.6) is 0 Å². The summed E-state index contributed by atoms with van der Waals surface area (Å²) in [5, 5.41) is 0. The highest BCUT2D eigenvalue weighted by Gasteiger charge is 2.40. The first-order valence-electron chi connectivity index (χ1n) is 6.68. The molecular weight excluding hydrogens is 244 g/mol. The molecule has 4 heteroatoms. The molecule has 0 saturated carbocycles. The molecule has 1 aromatic heterocycles. The van der Waals surface area contributed by atoms with E-state index in [0.29, 0.717) is 11.7 Å². The van der Waals surface area contributed by atoms with Gasteiger partial charge in [0.2, 0.25) is 0 Å². The number of nitrogens with zero attached hydrogens (tertiary/aromatic N) is 1. The van der Waals surface area contributed by atoms with E-state index in [2.05, 4.69) is 11.1 Å². The predicted molar refractivity (Wildman–Crippen MR) is 75.7 cm³/mol. The predicted octanol–water partition coefficient (Wildman–Crippen LogP) is 2.51. The van der Waals surface area contributed by atoms with Crippen molar-refractivity contribution in [1.29, 1.82) is 0 Å². The number of anilines is 1. The largest absolute Gasteiger partial charge is 0.383 e. The van der Waals surface area contributed by atoms with Crippen LogP contribution in [0.3, 0.4) is 0 Å². The van der Waals surface area contributed by atoms with Gasteiger partial charge in [-0.3, -0.25) is 0 Å². The molecule has 98 valence electrons. The Morgan fingerprint density at radius 3 is 3.28 bits per heavy atom. The van der Waals surface area contributed by atoms with E-state index in [-0.39, 0.29) is 5.60 Å². The first-order chi connectivity index (χ1) is 8.77. The number of aromatic nitrogens is 1. The summed E-state index contributed by atoms with van der Waals surface area (Å²) in [5.74, 6) is 3.82. The minimum absolute atomic E-state index is 0.171. The van der Waals surface area contributed by atoms with Gasteiger partial charge in [-0.25, -0.2) is 4.98 Å². The topological polar surface area (TPSA) is 48.1 Å². The number of nitrogens with two attached hydrogens (primary N) is 1. The average Bonchev–Trinajstić information content (AvgIpc) is 2.80. The molecule has 3 nitrogen and oxygen atoms in total. The van der Waals surface area contributed by atoms with Crippen LogP contribution in [0.15, 0.2) is 18.3 Å². The number of nitrogen functional groups attached to an aromatic ring is 1. The lowest BCUT2D eigenvalue weighted by molar-refractivity contribution is -0.0791. The van der Waals surface area contributed by atoms with Crippen LogP contribution in [0.4, 0.5) is 5.82 Å². The van der Waals surface area contributed by atoms with Crippen LogP contribution in [-0.2, 0) is 11.2 Å². The minimum atomic E-state index is 0.171. The fourth-order valence-corrected chi connectivity index (χ4v) is 4.48. The first-order valence-corrected chi connectivity index (χ1v) is 7.84. The van der Waals surface area contributed by atoms with Crippen LogP contribution in [-0.4, -0.2) is 28.7 Å². The van der Waals surface area contributed by atoms with Gasteiger partial charge in [0.15, 0.2) is 0 Å². The van der Waals surface area contributed by atoms with Crippen LogP contribution < -0.4 is 5.73 Å². The second-order valence-electron chi connectivity index (χ2n) is 5.44. The van der Waals surface area contributed by atoms with Crippen molar-refractivity contribution >= 4 is 17.6 Å². The lowest BCUT2D eigenvalue weighted by Gasteiger charge is -2.38. The average molecular weight is 264 g/mol. The van der Waals surface area contributed by atoms with Crippen molar-refractivity contribution in [2.75, 3.05) is 23.8 Å². The van der Waals surface area contributed by atoms with Crippen molar-refractivity contribution in [3.8, 4) is 0 Å². The molecular formula is C14H20N2OS. The third-order valence-electron chi connectivity index (χ3n) is 4.10. The van der Waals surface area contributed by atoms with E-state index < -0.39 is 0 Å². The Morgan fingerprint density at radius 2 is 2.50 bits per heavy atom. The Balaban J connectivity index is 1.68. The molecule has 1 aromatic rings. The first kappa shape index (κ1) is 12.3. The highest BCUT2D eigenvalue weighted by atomic mass is 32.2. The normalized spacial score (nSPS) is 31.9. The van der Waals surface area contributed by atoms with Crippen molar-refractivity contribution in [2.24, 2.45) is 5.92 Å². The van der Waals surface area contributed by atoms with Gasteiger partial charge in [-0.05, 0) is 49.0 Å². The summed E-state index contributed by atoms with van der Waals surface area (Å²) in [6.07, 6.45) is 6.37. The van der Waals surface area contributed by atoms with E-state index >= 15 is 0 Å². The van der Waals surface area contributed by atoms with E-state index in [1.165, 1.54) is 29.9 Å². The van der Waals surface area contributed by atoms with Crippen LogP contribution in [0.25, 0.3) is 0 Å².